The molecule has 6 nitrogen and oxygen atoms in total. The smallest absolute Gasteiger partial charge is 0.319 e. The van der Waals surface area contributed by atoms with Gasteiger partial charge in [0, 0.05) is 30.9 Å². The molecule has 1 aromatic rings. The molecule has 1 aromatic carbocycles. The van der Waals surface area contributed by atoms with Crippen molar-refractivity contribution in [1.29, 1.82) is 0 Å². The lowest BCUT2D eigenvalue weighted by atomic mass is 10.1. The summed E-state index contributed by atoms with van der Waals surface area (Å²) < 4.78 is 5.26. The van der Waals surface area contributed by atoms with E-state index in [1.165, 1.54) is 0 Å². The van der Waals surface area contributed by atoms with Crippen LogP contribution in [0.3, 0.4) is 0 Å². The number of urea groups is 1. The highest BCUT2D eigenvalue weighted by molar-refractivity contribution is 5.99. The minimum atomic E-state index is -0.320. The summed E-state index contributed by atoms with van der Waals surface area (Å²) in [5.74, 6) is -0.0315. The van der Waals surface area contributed by atoms with E-state index < -0.39 is 0 Å². The molecular formula is C16H21N3O3. The lowest BCUT2D eigenvalue weighted by molar-refractivity contribution is 0.0302. The topological polar surface area (TPSA) is 70.7 Å². The van der Waals surface area contributed by atoms with Crippen molar-refractivity contribution < 1.29 is 14.3 Å². The van der Waals surface area contributed by atoms with Crippen molar-refractivity contribution >= 4 is 17.6 Å². The number of hydrogen-bond donors (Lipinski definition) is 2. The summed E-state index contributed by atoms with van der Waals surface area (Å²) in [7, 11) is 0. The van der Waals surface area contributed by atoms with Crippen LogP contribution in [0.2, 0.25) is 0 Å². The molecule has 0 bridgehead atoms. The molecule has 1 aliphatic rings. The van der Waals surface area contributed by atoms with E-state index in [1.807, 2.05) is 6.92 Å². The second-order valence-electron chi connectivity index (χ2n) is 5.01. The molecule has 1 heterocycles. The van der Waals surface area contributed by atoms with E-state index in [9.17, 15) is 9.59 Å². The highest BCUT2D eigenvalue weighted by atomic mass is 16.5. The van der Waals surface area contributed by atoms with Gasteiger partial charge < -0.3 is 20.3 Å². The first-order valence-electron chi connectivity index (χ1n) is 7.26. The molecule has 2 rings (SSSR count). The third-order valence-corrected chi connectivity index (χ3v) is 3.52. The van der Waals surface area contributed by atoms with Gasteiger partial charge in [0.05, 0.1) is 13.2 Å². The van der Waals surface area contributed by atoms with E-state index >= 15 is 0 Å². The fourth-order valence-corrected chi connectivity index (χ4v) is 2.27. The number of nitrogens with zero attached hydrogens (tertiary/aromatic N) is 1. The van der Waals surface area contributed by atoms with Crippen molar-refractivity contribution in [2.75, 3.05) is 38.2 Å². The number of ether oxygens (including phenoxy) is 1. The maximum absolute atomic E-state index is 12.6. The van der Waals surface area contributed by atoms with Crippen LogP contribution in [0.4, 0.5) is 10.5 Å². The number of anilines is 1. The Morgan fingerprint density at radius 2 is 2.09 bits per heavy atom. The van der Waals surface area contributed by atoms with Gasteiger partial charge in [0.2, 0.25) is 0 Å². The van der Waals surface area contributed by atoms with Gasteiger partial charge >= 0.3 is 6.03 Å². The predicted molar refractivity (Wildman–Crippen MR) is 85.1 cm³/mol. The lowest BCUT2D eigenvalue weighted by Gasteiger charge is -2.27. The van der Waals surface area contributed by atoms with E-state index in [0.29, 0.717) is 44.1 Å². The third-order valence-electron chi connectivity index (χ3n) is 3.52. The summed E-state index contributed by atoms with van der Waals surface area (Å²) in [6.07, 6.45) is 1.60. The lowest BCUT2D eigenvalue weighted by Crippen LogP contribution is -2.41. The molecule has 22 heavy (non-hydrogen) atoms. The molecule has 0 unspecified atom stereocenters. The number of amides is 3. The Bertz CT molecular complexity index is 566. The minimum Gasteiger partial charge on any atom is -0.378 e. The standard InChI is InChI=1S/C16H21N3O3/c1-3-7-17-16(21)18-14-6-4-5-13(12(14)2)15(20)19-8-10-22-11-9-19/h3-6H,1,7-11H2,2H3,(H2,17,18,21). The zero-order valence-electron chi connectivity index (χ0n) is 12.7. The number of carbonyl (C=O) groups excluding carboxylic acids is 2. The molecule has 1 saturated heterocycles. The molecular weight excluding hydrogens is 282 g/mol. The number of morpholine rings is 1. The molecule has 6 heteroatoms. The predicted octanol–water partition coefficient (Wildman–Crippen LogP) is 1.77. The molecule has 3 amide bonds. The molecule has 0 aromatic heterocycles. The zero-order valence-corrected chi connectivity index (χ0v) is 12.7. The second kappa shape index (κ2) is 7.61. The SMILES string of the molecule is C=CCNC(=O)Nc1cccc(C(=O)N2CCOCC2)c1C. The maximum atomic E-state index is 12.6. The van der Waals surface area contributed by atoms with Crippen molar-refractivity contribution in [3.05, 3.63) is 42.0 Å². The normalized spacial score (nSPS) is 14.3. The first-order valence-corrected chi connectivity index (χ1v) is 7.26. The number of rotatable bonds is 4. The van der Waals surface area contributed by atoms with Gasteiger partial charge in [-0.05, 0) is 24.6 Å². The molecule has 1 aliphatic heterocycles. The molecule has 2 N–H and O–H groups in total. The molecule has 0 spiro atoms. The Balaban J connectivity index is 2.12. The fourth-order valence-electron chi connectivity index (χ4n) is 2.27. The van der Waals surface area contributed by atoms with Crippen molar-refractivity contribution in [3.63, 3.8) is 0 Å². The highest BCUT2D eigenvalue weighted by Gasteiger charge is 2.21. The first kappa shape index (κ1) is 16.0. The molecule has 0 saturated carbocycles. The maximum Gasteiger partial charge on any atom is 0.319 e. The first-order chi connectivity index (χ1) is 10.6. The largest absolute Gasteiger partial charge is 0.378 e. The van der Waals surface area contributed by atoms with Crippen LogP contribution in [0.1, 0.15) is 15.9 Å². The van der Waals surface area contributed by atoms with Crippen LogP contribution >= 0.6 is 0 Å². The Hall–Kier alpha value is -2.34. The van der Waals surface area contributed by atoms with E-state index in [2.05, 4.69) is 17.2 Å². The summed E-state index contributed by atoms with van der Waals surface area (Å²) in [4.78, 5) is 26.1. The van der Waals surface area contributed by atoms with Crippen LogP contribution in [0, 0.1) is 6.92 Å². The van der Waals surface area contributed by atoms with Gasteiger partial charge in [-0.2, -0.15) is 0 Å². The quantitative estimate of drug-likeness (QED) is 0.833. The van der Waals surface area contributed by atoms with Crippen LogP contribution in [0.15, 0.2) is 30.9 Å². The summed E-state index contributed by atoms with van der Waals surface area (Å²) >= 11 is 0. The molecule has 118 valence electrons. The molecule has 0 atom stereocenters. The van der Waals surface area contributed by atoms with Crippen LogP contribution in [0.25, 0.3) is 0 Å². The highest BCUT2D eigenvalue weighted by Crippen LogP contribution is 2.20. The fraction of sp³-hybridized carbons (Fsp3) is 0.375. The van der Waals surface area contributed by atoms with Gasteiger partial charge in [0.15, 0.2) is 0 Å². The van der Waals surface area contributed by atoms with Gasteiger partial charge in [0.1, 0.15) is 0 Å². The van der Waals surface area contributed by atoms with Gasteiger partial charge in [-0.1, -0.05) is 12.1 Å². The molecule has 0 aliphatic carbocycles. The monoisotopic (exact) mass is 303 g/mol. The van der Waals surface area contributed by atoms with E-state index in [0.717, 1.165) is 5.56 Å². The van der Waals surface area contributed by atoms with Crippen molar-refractivity contribution in [3.8, 4) is 0 Å². The van der Waals surface area contributed by atoms with E-state index in [-0.39, 0.29) is 11.9 Å². The number of nitrogens with one attached hydrogen (secondary N) is 2. The minimum absolute atomic E-state index is 0.0315. The Morgan fingerprint density at radius 1 is 1.36 bits per heavy atom. The van der Waals surface area contributed by atoms with Gasteiger partial charge in [-0.3, -0.25) is 4.79 Å². The summed E-state index contributed by atoms with van der Waals surface area (Å²) in [5.41, 5.74) is 1.98. The summed E-state index contributed by atoms with van der Waals surface area (Å²) in [5, 5.41) is 5.39. The van der Waals surface area contributed by atoms with Gasteiger partial charge in [-0.25, -0.2) is 4.79 Å². The Morgan fingerprint density at radius 3 is 2.77 bits per heavy atom. The van der Waals surface area contributed by atoms with Crippen LogP contribution in [-0.2, 0) is 4.74 Å². The number of carbonyl (C=O) groups is 2. The van der Waals surface area contributed by atoms with Gasteiger partial charge in [-0.15, -0.1) is 6.58 Å². The number of benzene rings is 1. The van der Waals surface area contributed by atoms with Crippen molar-refractivity contribution in [2.45, 2.75) is 6.92 Å². The second-order valence-corrected chi connectivity index (χ2v) is 5.01. The van der Waals surface area contributed by atoms with Crippen LogP contribution in [0.5, 0.6) is 0 Å². The van der Waals surface area contributed by atoms with Crippen LogP contribution in [-0.4, -0.2) is 49.7 Å². The summed E-state index contributed by atoms with van der Waals surface area (Å²) in [6.45, 7) is 8.07. The van der Waals surface area contributed by atoms with E-state index in [4.69, 9.17) is 4.74 Å². The molecule has 0 radical (unpaired) electrons. The molecule has 1 fully saturated rings. The zero-order chi connectivity index (χ0) is 15.9. The third kappa shape index (κ3) is 3.85. The Labute approximate surface area is 130 Å². The number of hydrogen-bond acceptors (Lipinski definition) is 3. The van der Waals surface area contributed by atoms with E-state index in [1.54, 1.807) is 29.2 Å². The van der Waals surface area contributed by atoms with Crippen LogP contribution < -0.4 is 10.6 Å². The van der Waals surface area contributed by atoms with Gasteiger partial charge in [0.25, 0.3) is 5.91 Å². The Kier molecular flexibility index (Phi) is 5.55. The average Bonchev–Trinajstić information content (AvgIpc) is 2.55. The average molecular weight is 303 g/mol. The summed E-state index contributed by atoms with van der Waals surface area (Å²) in [6, 6.07) is 5.00. The van der Waals surface area contributed by atoms with Crippen molar-refractivity contribution in [2.24, 2.45) is 0 Å². The van der Waals surface area contributed by atoms with Crippen molar-refractivity contribution in [1.82, 2.24) is 10.2 Å².